The van der Waals surface area contributed by atoms with Crippen LogP contribution in [0.3, 0.4) is 0 Å². The molecule has 1 amide bonds. The zero-order valence-corrected chi connectivity index (χ0v) is 16.5. The third kappa shape index (κ3) is 3.36. The van der Waals surface area contributed by atoms with E-state index in [1.807, 2.05) is 38.1 Å². The van der Waals surface area contributed by atoms with E-state index >= 15 is 0 Å². The number of carbonyl (C=O) groups is 1. The summed E-state index contributed by atoms with van der Waals surface area (Å²) in [6.07, 6.45) is 0. The van der Waals surface area contributed by atoms with Crippen molar-refractivity contribution in [3.05, 3.63) is 70.4 Å². The molecule has 4 aromatic rings. The molecule has 0 aliphatic carbocycles. The van der Waals surface area contributed by atoms with Gasteiger partial charge in [-0.25, -0.2) is 4.98 Å². The van der Waals surface area contributed by atoms with Gasteiger partial charge < -0.3 is 5.32 Å². The van der Waals surface area contributed by atoms with Gasteiger partial charge in [0.2, 0.25) is 5.13 Å². The third-order valence-electron chi connectivity index (χ3n) is 4.35. The first-order valence-corrected chi connectivity index (χ1v) is 9.55. The Labute approximate surface area is 161 Å². The monoisotopic (exact) mass is 376 g/mol. The number of anilines is 1. The van der Waals surface area contributed by atoms with Crippen LogP contribution in [0.25, 0.3) is 15.3 Å². The Morgan fingerprint density at radius 2 is 1.85 bits per heavy atom. The number of rotatable bonds is 3. The maximum atomic E-state index is 12.7. The van der Waals surface area contributed by atoms with Gasteiger partial charge in [-0.1, -0.05) is 35.1 Å². The van der Waals surface area contributed by atoms with Gasteiger partial charge in [0.05, 0.1) is 15.9 Å². The summed E-state index contributed by atoms with van der Waals surface area (Å²) < 4.78 is 2.83. The second-order valence-corrected chi connectivity index (χ2v) is 7.84. The number of carbonyl (C=O) groups excluding carboxylic acids is 1. The van der Waals surface area contributed by atoms with Gasteiger partial charge in [-0.2, -0.15) is 9.78 Å². The van der Waals surface area contributed by atoms with E-state index in [1.165, 1.54) is 5.56 Å². The number of hydrogen-bond donors (Lipinski definition) is 1. The van der Waals surface area contributed by atoms with Crippen LogP contribution in [0, 0.1) is 27.7 Å². The quantitative estimate of drug-likeness (QED) is 0.549. The Hall–Kier alpha value is -2.99. The minimum absolute atomic E-state index is 0.159. The maximum absolute atomic E-state index is 12.7. The molecule has 5 nitrogen and oxygen atoms in total. The first kappa shape index (κ1) is 17.4. The summed E-state index contributed by atoms with van der Waals surface area (Å²) in [5.41, 5.74) is 5.81. The highest BCUT2D eigenvalue weighted by atomic mass is 32.1. The molecule has 2 aromatic heterocycles. The van der Waals surface area contributed by atoms with E-state index in [1.54, 1.807) is 22.1 Å². The molecule has 0 saturated heterocycles. The molecule has 0 spiro atoms. The van der Waals surface area contributed by atoms with Crippen molar-refractivity contribution in [3.63, 3.8) is 0 Å². The average molecular weight is 376 g/mol. The van der Waals surface area contributed by atoms with Gasteiger partial charge in [0, 0.05) is 11.6 Å². The molecule has 2 heterocycles. The van der Waals surface area contributed by atoms with Crippen LogP contribution in [-0.4, -0.2) is 20.7 Å². The van der Waals surface area contributed by atoms with Crippen molar-refractivity contribution in [3.8, 4) is 5.13 Å². The lowest BCUT2D eigenvalue weighted by atomic mass is 10.1. The number of amides is 1. The summed E-state index contributed by atoms with van der Waals surface area (Å²) in [6, 6.07) is 13.6. The Morgan fingerprint density at radius 3 is 2.63 bits per heavy atom. The average Bonchev–Trinajstić information content (AvgIpc) is 3.18. The molecule has 136 valence electrons. The largest absolute Gasteiger partial charge is 0.306 e. The highest BCUT2D eigenvalue weighted by Crippen LogP contribution is 2.30. The number of hydrogen-bond acceptors (Lipinski definition) is 4. The lowest BCUT2D eigenvalue weighted by Gasteiger charge is -2.07. The van der Waals surface area contributed by atoms with Crippen LogP contribution in [0.4, 0.5) is 5.82 Å². The van der Waals surface area contributed by atoms with Crippen LogP contribution in [-0.2, 0) is 0 Å². The van der Waals surface area contributed by atoms with Crippen molar-refractivity contribution in [1.29, 1.82) is 0 Å². The molecule has 6 heteroatoms. The fourth-order valence-electron chi connectivity index (χ4n) is 3.16. The number of aromatic nitrogens is 3. The standard InChI is InChI=1S/C21H20N4OS/c1-12-6-5-7-16(9-12)20(26)22-18-11-15(4)24-25(18)21-23-19-14(3)8-13(2)10-17(19)27-21/h5-11H,1-4H3,(H,22,26). The highest BCUT2D eigenvalue weighted by Gasteiger charge is 2.16. The maximum Gasteiger partial charge on any atom is 0.256 e. The summed E-state index contributed by atoms with van der Waals surface area (Å²) in [7, 11) is 0. The zero-order chi connectivity index (χ0) is 19.1. The van der Waals surface area contributed by atoms with Crippen LogP contribution in [0.15, 0.2) is 42.5 Å². The number of benzene rings is 2. The second kappa shape index (κ2) is 6.63. The van der Waals surface area contributed by atoms with Crippen molar-refractivity contribution < 1.29 is 4.79 Å². The topological polar surface area (TPSA) is 59.8 Å². The van der Waals surface area contributed by atoms with Crippen molar-refractivity contribution in [2.45, 2.75) is 27.7 Å². The predicted octanol–water partition coefficient (Wildman–Crippen LogP) is 4.97. The van der Waals surface area contributed by atoms with Crippen LogP contribution < -0.4 is 5.32 Å². The molecular weight excluding hydrogens is 356 g/mol. The van der Waals surface area contributed by atoms with Gasteiger partial charge in [0.1, 0.15) is 5.82 Å². The second-order valence-electron chi connectivity index (χ2n) is 6.83. The minimum Gasteiger partial charge on any atom is -0.306 e. The fraction of sp³-hybridized carbons (Fsp3) is 0.190. The zero-order valence-electron chi connectivity index (χ0n) is 15.7. The number of thiazole rings is 1. The molecular formula is C21H20N4OS. The molecule has 0 fully saturated rings. The van der Waals surface area contributed by atoms with Gasteiger partial charge in [-0.05, 0) is 57.0 Å². The first-order valence-electron chi connectivity index (χ1n) is 8.73. The molecule has 2 aromatic carbocycles. The SMILES string of the molecule is Cc1cccc(C(=O)Nc2cc(C)nn2-c2nc3c(C)cc(C)cc3s2)c1. The lowest BCUT2D eigenvalue weighted by molar-refractivity contribution is 0.102. The smallest absolute Gasteiger partial charge is 0.256 e. The Bertz CT molecular complexity index is 1170. The predicted molar refractivity (Wildman–Crippen MR) is 110 cm³/mol. The van der Waals surface area contributed by atoms with Gasteiger partial charge >= 0.3 is 0 Å². The minimum atomic E-state index is -0.159. The van der Waals surface area contributed by atoms with Crippen molar-refractivity contribution in [2.75, 3.05) is 5.32 Å². The molecule has 27 heavy (non-hydrogen) atoms. The molecule has 0 aliphatic heterocycles. The van der Waals surface area contributed by atoms with Gasteiger partial charge in [-0.15, -0.1) is 0 Å². The van der Waals surface area contributed by atoms with E-state index in [0.29, 0.717) is 11.4 Å². The van der Waals surface area contributed by atoms with Crippen LogP contribution >= 0.6 is 11.3 Å². The van der Waals surface area contributed by atoms with E-state index in [-0.39, 0.29) is 5.91 Å². The van der Waals surface area contributed by atoms with Gasteiger partial charge in [-0.3, -0.25) is 4.79 Å². The Balaban J connectivity index is 1.73. The van der Waals surface area contributed by atoms with E-state index in [9.17, 15) is 4.79 Å². The summed E-state index contributed by atoms with van der Waals surface area (Å²) in [5.74, 6) is 0.459. The Morgan fingerprint density at radius 1 is 1.04 bits per heavy atom. The highest BCUT2D eigenvalue weighted by molar-refractivity contribution is 7.20. The van der Waals surface area contributed by atoms with E-state index in [0.717, 1.165) is 32.2 Å². The third-order valence-corrected chi connectivity index (χ3v) is 5.33. The number of nitrogens with zero attached hydrogens (tertiary/aromatic N) is 3. The van der Waals surface area contributed by atoms with Crippen molar-refractivity contribution >= 4 is 33.3 Å². The molecule has 4 rings (SSSR count). The van der Waals surface area contributed by atoms with Crippen molar-refractivity contribution in [1.82, 2.24) is 14.8 Å². The molecule has 0 saturated carbocycles. The summed E-state index contributed by atoms with van der Waals surface area (Å²) >= 11 is 1.57. The molecule has 0 radical (unpaired) electrons. The Kier molecular flexibility index (Phi) is 4.28. The molecule has 0 atom stereocenters. The molecule has 0 bridgehead atoms. The summed E-state index contributed by atoms with van der Waals surface area (Å²) in [5, 5.41) is 8.26. The number of fused-ring (bicyclic) bond motifs is 1. The normalized spacial score (nSPS) is 11.1. The molecule has 0 unspecified atom stereocenters. The van der Waals surface area contributed by atoms with Crippen LogP contribution in [0.2, 0.25) is 0 Å². The van der Waals surface area contributed by atoms with Crippen LogP contribution in [0.5, 0.6) is 0 Å². The molecule has 1 N–H and O–H groups in total. The number of nitrogens with one attached hydrogen (secondary N) is 1. The van der Waals surface area contributed by atoms with Crippen LogP contribution in [0.1, 0.15) is 32.7 Å². The number of aryl methyl sites for hydroxylation is 4. The van der Waals surface area contributed by atoms with Gasteiger partial charge in [0.15, 0.2) is 0 Å². The van der Waals surface area contributed by atoms with Gasteiger partial charge in [0.25, 0.3) is 5.91 Å². The lowest BCUT2D eigenvalue weighted by Crippen LogP contribution is -2.15. The van der Waals surface area contributed by atoms with E-state index in [4.69, 9.17) is 4.98 Å². The van der Waals surface area contributed by atoms with E-state index < -0.39 is 0 Å². The first-order chi connectivity index (χ1) is 12.9. The fourth-order valence-corrected chi connectivity index (χ4v) is 4.27. The molecule has 0 aliphatic rings. The summed E-state index contributed by atoms with van der Waals surface area (Å²) in [6.45, 7) is 8.02. The van der Waals surface area contributed by atoms with Crippen molar-refractivity contribution in [2.24, 2.45) is 0 Å². The summed E-state index contributed by atoms with van der Waals surface area (Å²) in [4.78, 5) is 17.4. The van der Waals surface area contributed by atoms with E-state index in [2.05, 4.69) is 36.4 Å².